The first-order valence-corrected chi connectivity index (χ1v) is 15.3. The highest BCUT2D eigenvalue weighted by molar-refractivity contribution is 7.92. The zero-order chi connectivity index (χ0) is 31.6. The van der Waals surface area contributed by atoms with Crippen molar-refractivity contribution in [1.29, 1.82) is 0 Å². The van der Waals surface area contributed by atoms with Crippen molar-refractivity contribution in [3.8, 4) is 0 Å². The number of halogens is 8. The zero-order valence-electron chi connectivity index (χ0n) is 22.2. The maximum absolute atomic E-state index is 15.0. The van der Waals surface area contributed by atoms with Crippen LogP contribution in [-0.4, -0.2) is 42.3 Å². The number of benzene rings is 2. The zero-order valence-corrected chi connectivity index (χ0v) is 23.8. The topological polar surface area (TPSA) is 89.0 Å². The fourth-order valence-corrected chi connectivity index (χ4v) is 9.46. The Labute approximate surface area is 244 Å². The van der Waals surface area contributed by atoms with Gasteiger partial charge in [0, 0.05) is 17.5 Å². The van der Waals surface area contributed by atoms with E-state index in [4.69, 9.17) is 0 Å². The average Bonchev–Trinajstić information content (AvgIpc) is 3.46. The molecule has 5 rings (SSSR count). The number of aryl methyl sites for hydroxylation is 2. The van der Waals surface area contributed by atoms with Gasteiger partial charge in [-0.05, 0) is 86.0 Å². The first-order valence-electron chi connectivity index (χ1n) is 13.0. The van der Waals surface area contributed by atoms with Crippen LogP contribution in [-0.2, 0) is 26.7 Å². The molecule has 2 aromatic carbocycles. The fourth-order valence-electron chi connectivity index (χ4n) is 6.43. The number of fused-ring (bicyclic) bond motifs is 3. The standard InChI is InChI=1S/C27H23F8N3O3S2/c1-14-22(42-38-37-14)23(39)36-21-11-12-24(43(40,41)18-8-6-17(28)7-9-18)19-10-5-16(13-15(19)3-2-4-20(21)24)25(29,26(30,31)32)27(33,34)35/h5-10,13,20-21H,2-4,11-12H2,1H3,(H,36,39)/t20-,21+,24+/m0/s1. The minimum absolute atomic E-state index is 0.0813. The predicted octanol–water partition coefficient (Wildman–Crippen LogP) is 6.49. The molecule has 6 nitrogen and oxygen atoms in total. The maximum Gasteiger partial charge on any atom is 0.435 e. The molecular formula is C27H23F8N3O3S2. The lowest BCUT2D eigenvalue weighted by Gasteiger charge is -2.38. The lowest BCUT2D eigenvalue weighted by Crippen LogP contribution is -2.50. The van der Waals surface area contributed by atoms with Crippen LogP contribution in [0.4, 0.5) is 35.1 Å². The smallest absolute Gasteiger partial charge is 0.348 e. The van der Waals surface area contributed by atoms with Gasteiger partial charge in [0.1, 0.15) is 15.4 Å². The van der Waals surface area contributed by atoms with Crippen LogP contribution in [0.1, 0.15) is 57.7 Å². The van der Waals surface area contributed by atoms with E-state index in [1.165, 1.54) is 0 Å². The number of sulfone groups is 1. The molecule has 1 fully saturated rings. The van der Waals surface area contributed by atoms with E-state index in [9.17, 15) is 43.9 Å². The summed E-state index contributed by atoms with van der Waals surface area (Å²) >= 11 is 0.827. The van der Waals surface area contributed by atoms with Gasteiger partial charge in [-0.3, -0.25) is 4.79 Å². The van der Waals surface area contributed by atoms with E-state index in [0.29, 0.717) is 17.8 Å². The molecule has 232 valence electrons. The van der Waals surface area contributed by atoms with E-state index in [-0.39, 0.29) is 53.0 Å². The second-order valence-electron chi connectivity index (χ2n) is 10.7. The highest BCUT2D eigenvalue weighted by Gasteiger charge is 2.73. The van der Waals surface area contributed by atoms with Crippen molar-refractivity contribution in [3.05, 3.63) is 75.5 Å². The van der Waals surface area contributed by atoms with Gasteiger partial charge >= 0.3 is 18.0 Å². The molecule has 0 aliphatic heterocycles. The van der Waals surface area contributed by atoms with E-state index in [2.05, 4.69) is 14.9 Å². The molecule has 0 bridgehead atoms. The Morgan fingerprint density at radius 1 is 1.00 bits per heavy atom. The molecule has 1 saturated carbocycles. The van der Waals surface area contributed by atoms with Crippen LogP contribution in [0.15, 0.2) is 47.4 Å². The fraction of sp³-hybridized carbons (Fsp3) is 0.444. The summed E-state index contributed by atoms with van der Waals surface area (Å²) in [6.45, 7) is 1.56. The molecule has 43 heavy (non-hydrogen) atoms. The summed E-state index contributed by atoms with van der Waals surface area (Å²) < 4.78 is 141. The molecule has 1 heterocycles. The van der Waals surface area contributed by atoms with Crippen molar-refractivity contribution in [2.45, 2.75) is 72.7 Å². The largest absolute Gasteiger partial charge is 0.435 e. The van der Waals surface area contributed by atoms with E-state index in [1.54, 1.807) is 6.92 Å². The number of carbonyl (C=O) groups excluding carboxylic acids is 1. The molecule has 16 heteroatoms. The van der Waals surface area contributed by atoms with E-state index >= 15 is 4.39 Å². The quantitative estimate of drug-likeness (QED) is 0.251. The number of aromatic nitrogens is 2. The molecule has 3 atom stereocenters. The number of amides is 1. The minimum Gasteiger partial charge on any atom is -0.348 e. The maximum atomic E-state index is 15.0. The van der Waals surface area contributed by atoms with Crippen molar-refractivity contribution in [3.63, 3.8) is 0 Å². The Morgan fingerprint density at radius 2 is 1.65 bits per heavy atom. The van der Waals surface area contributed by atoms with Gasteiger partial charge in [0.05, 0.1) is 10.6 Å². The molecule has 1 aromatic heterocycles. The van der Waals surface area contributed by atoms with Gasteiger partial charge in [-0.15, -0.1) is 5.10 Å². The summed E-state index contributed by atoms with van der Waals surface area (Å²) in [5, 5.41) is 6.61. The Hall–Kier alpha value is -3.14. The number of carbonyl (C=O) groups is 1. The molecule has 0 spiro atoms. The summed E-state index contributed by atoms with van der Waals surface area (Å²) in [4.78, 5) is 12.9. The molecule has 0 unspecified atom stereocenters. The Kier molecular flexibility index (Phi) is 7.64. The Balaban J connectivity index is 1.69. The molecule has 0 radical (unpaired) electrons. The minimum atomic E-state index is -6.35. The molecule has 3 aromatic rings. The molecule has 1 amide bonds. The second kappa shape index (κ2) is 10.5. The summed E-state index contributed by atoms with van der Waals surface area (Å²) in [6.07, 6.45) is -12.7. The summed E-state index contributed by atoms with van der Waals surface area (Å²) in [5.41, 5.74) is -7.34. The first-order chi connectivity index (χ1) is 19.9. The summed E-state index contributed by atoms with van der Waals surface area (Å²) in [6, 6.07) is 4.68. The van der Waals surface area contributed by atoms with Gasteiger partial charge in [-0.25, -0.2) is 17.2 Å². The lowest BCUT2D eigenvalue weighted by molar-refractivity contribution is -0.348. The van der Waals surface area contributed by atoms with Crippen LogP contribution in [0.25, 0.3) is 0 Å². The number of rotatable bonds is 5. The van der Waals surface area contributed by atoms with Crippen molar-refractivity contribution >= 4 is 27.3 Å². The Bertz CT molecular complexity index is 1640. The highest BCUT2D eigenvalue weighted by atomic mass is 32.2. The van der Waals surface area contributed by atoms with Gasteiger partial charge in [0.15, 0.2) is 9.84 Å². The Morgan fingerprint density at radius 3 is 2.23 bits per heavy atom. The number of nitrogens with one attached hydrogen (secondary N) is 1. The molecule has 2 aliphatic rings. The van der Waals surface area contributed by atoms with Crippen molar-refractivity contribution in [2.24, 2.45) is 5.92 Å². The van der Waals surface area contributed by atoms with Gasteiger partial charge < -0.3 is 5.32 Å². The first kappa shape index (κ1) is 31.3. The molecular weight excluding hydrogens is 630 g/mol. The number of hydrogen-bond donors (Lipinski definition) is 1. The third-order valence-corrected chi connectivity index (χ3v) is 11.8. The van der Waals surface area contributed by atoms with Crippen molar-refractivity contribution in [2.75, 3.05) is 0 Å². The monoisotopic (exact) mass is 653 g/mol. The summed E-state index contributed by atoms with van der Waals surface area (Å²) in [5.74, 6) is -2.19. The molecule has 2 aliphatic carbocycles. The average molecular weight is 654 g/mol. The number of hydrogen-bond acceptors (Lipinski definition) is 6. The number of alkyl halides is 7. The van der Waals surface area contributed by atoms with Gasteiger partial charge in [0.2, 0.25) is 0 Å². The normalized spacial score (nSPS) is 22.9. The highest BCUT2D eigenvalue weighted by Crippen LogP contribution is 2.58. The van der Waals surface area contributed by atoms with Gasteiger partial charge in [-0.1, -0.05) is 22.7 Å². The third-order valence-electron chi connectivity index (χ3n) is 8.39. The third kappa shape index (κ3) is 4.80. The van der Waals surface area contributed by atoms with Crippen LogP contribution in [0.5, 0.6) is 0 Å². The lowest BCUT2D eigenvalue weighted by atomic mass is 9.82. The van der Waals surface area contributed by atoms with Crippen LogP contribution >= 0.6 is 11.5 Å². The van der Waals surface area contributed by atoms with E-state index in [0.717, 1.165) is 41.9 Å². The summed E-state index contributed by atoms with van der Waals surface area (Å²) in [7, 11) is -4.53. The van der Waals surface area contributed by atoms with Gasteiger partial charge in [-0.2, -0.15) is 26.3 Å². The molecule has 0 saturated heterocycles. The van der Waals surface area contributed by atoms with Crippen LogP contribution in [0.3, 0.4) is 0 Å². The van der Waals surface area contributed by atoms with Crippen LogP contribution < -0.4 is 5.32 Å². The van der Waals surface area contributed by atoms with Crippen molar-refractivity contribution < 1.29 is 48.3 Å². The molecule has 1 N–H and O–H groups in total. The van der Waals surface area contributed by atoms with Crippen molar-refractivity contribution in [1.82, 2.24) is 14.9 Å². The van der Waals surface area contributed by atoms with E-state index < -0.39 is 61.9 Å². The SMILES string of the molecule is Cc1nnsc1C(=O)N[C@@H]1CC[C@@]2(S(=O)(=O)c3ccc(F)cc3)c3ccc(C(F)(C(F)(F)F)C(F)(F)F)cc3CCC[C@@H]12. The van der Waals surface area contributed by atoms with Crippen LogP contribution in [0, 0.1) is 18.7 Å². The van der Waals surface area contributed by atoms with Crippen LogP contribution in [0.2, 0.25) is 0 Å². The second-order valence-corrected chi connectivity index (χ2v) is 13.6. The van der Waals surface area contributed by atoms with Gasteiger partial charge in [0.25, 0.3) is 5.91 Å². The number of nitrogens with zero attached hydrogens (tertiary/aromatic N) is 2. The van der Waals surface area contributed by atoms with E-state index in [1.807, 2.05) is 0 Å². The predicted molar refractivity (Wildman–Crippen MR) is 138 cm³/mol.